The summed E-state index contributed by atoms with van der Waals surface area (Å²) in [4.78, 5) is 41.5. The van der Waals surface area contributed by atoms with Crippen LogP contribution in [0.15, 0.2) is 36.4 Å². The minimum atomic E-state index is -1.52. The Morgan fingerprint density at radius 2 is 1.13 bits per heavy atom. The molecule has 1 aliphatic carbocycles. The van der Waals surface area contributed by atoms with Crippen LogP contribution in [0.4, 0.5) is 0 Å². The zero-order valence-corrected chi connectivity index (χ0v) is 37.0. The molecule has 0 spiro atoms. The van der Waals surface area contributed by atoms with Crippen molar-refractivity contribution in [1.29, 1.82) is 0 Å². The number of carbonyl (C=O) groups excluding carboxylic acids is 4. The summed E-state index contributed by atoms with van der Waals surface area (Å²) in [6.45, 7) is 0. The van der Waals surface area contributed by atoms with E-state index in [0.29, 0.717) is 12.8 Å². The van der Waals surface area contributed by atoms with Gasteiger partial charge in [0.15, 0.2) is 0 Å². The number of hydrogen-bond donors (Lipinski definition) is 0. The van der Waals surface area contributed by atoms with Crippen LogP contribution in [-0.4, -0.2) is 34.8 Å². The molecule has 0 aliphatic heterocycles. The van der Waals surface area contributed by atoms with Gasteiger partial charge in [-0.2, -0.15) is 0 Å². The Balaban J connectivity index is -0.0000000800. The second-order valence-electron chi connectivity index (χ2n) is 4.90. The summed E-state index contributed by atoms with van der Waals surface area (Å²) >= 11 is 0. The summed E-state index contributed by atoms with van der Waals surface area (Å²) < 4.78 is 0. The maximum Gasteiger partial charge on any atom is 1.00 e. The van der Waals surface area contributed by atoms with Gasteiger partial charge in [-0.1, -0.05) is 36.4 Å². The predicted octanol–water partition coefficient (Wildman–Crippen LogP) is -17.2. The summed E-state index contributed by atoms with van der Waals surface area (Å²) in [6.07, 6.45) is 3.92. The number of rotatable bonds is 4. The van der Waals surface area contributed by atoms with E-state index in [0.717, 1.165) is 12.1 Å². The van der Waals surface area contributed by atoms with Crippen molar-refractivity contribution < 1.29 is 283 Å². The van der Waals surface area contributed by atoms with Crippen LogP contribution < -0.4 is 253 Å². The summed E-state index contributed by atoms with van der Waals surface area (Å²) in [5.41, 5.74) is -0.727. The molecule has 0 amide bonds. The minimum absolute atomic E-state index is 0. The SMILES string of the molecule is O.O.O=C([O-])C1C=CCCC1C(=O)[O-].O=C([O-])c1ccccc1C(=O)[O-].[Rb+].[Rb+].[Rb+].[Rb+]. The molecule has 2 rings (SSSR count). The molecular formula is C16H16O10Rb4. The summed E-state index contributed by atoms with van der Waals surface area (Å²) in [6, 6.07) is 5.14. The van der Waals surface area contributed by atoms with Crippen LogP contribution in [0, 0.1) is 11.8 Å². The molecule has 30 heavy (non-hydrogen) atoms. The van der Waals surface area contributed by atoms with Crippen molar-refractivity contribution in [2.24, 2.45) is 11.8 Å². The van der Waals surface area contributed by atoms with Gasteiger partial charge in [0.2, 0.25) is 0 Å². The second kappa shape index (κ2) is 26.1. The molecule has 0 bridgehead atoms. The number of aliphatic carboxylic acids is 2. The Morgan fingerprint density at radius 1 is 0.733 bits per heavy atom. The predicted molar refractivity (Wildman–Crippen MR) is 77.7 cm³/mol. The third-order valence-corrected chi connectivity index (χ3v) is 3.36. The van der Waals surface area contributed by atoms with Crippen molar-refractivity contribution in [3.63, 3.8) is 0 Å². The number of aromatic carboxylic acids is 2. The Labute approximate surface area is 368 Å². The Bertz CT molecular complexity index is 663. The fourth-order valence-electron chi connectivity index (χ4n) is 2.18. The average Bonchev–Trinajstić information content (AvgIpc) is 2.55. The van der Waals surface area contributed by atoms with Gasteiger partial charge < -0.3 is 50.6 Å². The van der Waals surface area contributed by atoms with Crippen molar-refractivity contribution in [1.82, 2.24) is 0 Å². The first kappa shape index (κ1) is 47.2. The third-order valence-electron chi connectivity index (χ3n) is 3.36. The quantitative estimate of drug-likeness (QED) is 0.272. The number of carboxylic acid groups (broad SMARTS) is 4. The molecule has 14 heteroatoms. The van der Waals surface area contributed by atoms with Crippen molar-refractivity contribution in [3.05, 3.63) is 47.5 Å². The molecule has 0 saturated carbocycles. The molecule has 1 aliphatic rings. The number of carboxylic acids is 4. The summed E-state index contributed by atoms with van der Waals surface area (Å²) in [5.74, 6) is -7.65. The maximum atomic E-state index is 10.4. The molecule has 0 radical (unpaired) electrons. The van der Waals surface area contributed by atoms with E-state index in [4.69, 9.17) is 0 Å². The minimum Gasteiger partial charge on any atom is -0.550 e. The van der Waals surface area contributed by atoms with Crippen LogP contribution in [0.1, 0.15) is 33.6 Å². The van der Waals surface area contributed by atoms with Crippen LogP contribution in [-0.2, 0) is 9.59 Å². The second-order valence-corrected chi connectivity index (χ2v) is 4.90. The molecule has 0 heterocycles. The van der Waals surface area contributed by atoms with E-state index in [1.807, 2.05) is 0 Å². The topological polar surface area (TPSA) is 224 Å². The van der Waals surface area contributed by atoms with Gasteiger partial charge in [0, 0.05) is 34.9 Å². The molecule has 0 aromatic heterocycles. The van der Waals surface area contributed by atoms with Crippen molar-refractivity contribution in [2.45, 2.75) is 12.8 Å². The van der Waals surface area contributed by atoms with Crippen LogP contribution >= 0.6 is 0 Å². The van der Waals surface area contributed by atoms with Crippen LogP contribution in [0.25, 0.3) is 0 Å². The molecular weight excluding hydrogens is 694 g/mol. The largest absolute Gasteiger partial charge is 1.00 e. The van der Waals surface area contributed by atoms with Gasteiger partial charge in [0.05, 0.1) is 11.9 Å². The first-order valence-corrected chi connectivity index (χ1v) is 6.85. The molecule has 1 aromatic rings. The first-order chi connectivity index (χ1) is 11.3. The maximum absolute atomic E-state index is 10.4. The average molecular weight is 710 g/mol. The van der Waals surface area contributed by atoms with E-state index in [1.54, 1.807) is 6.08 Å². The van der Waals surface area contributed by atoms with Gasteiger partial charge >= 0.3 is 233 Å². The third kappa shape index (κ3) is 17.4. The Morgan fingerprint density at radius 3 is 1.40 bits per heavy atom. The number of allylic oxidation sites excluding steroid dienone is 1. The molecule has 1 aromatic carbocycles. The van der Waals surface area contributed by atoms with Gasteiger partial charge in [-0.3, -0.25) is 0 Å². The van der Waals surface area contributed by atoms with E-state index < -0.39 is 35.7 Å². The molecule has 2 unspecified atom stereocenters. The number of hydrogen-bond acceptors (Lipinski definition) is 8. The summed E-state index contributed by atoms with van der Waals surface area (Å²) in [7, 11) is 0. The molecule has 4 N–H and O–H groups in total. The van der Waals surface area contributed by atoms with Crippen molar-refractivity contribution in [3.8, 4) is 0 Å². The fourth-order valence-corrected chi connectivity index (χ4v) is 2.18. The summed E-state index contributed by atoms with van der Waals surface area (Å²) in [5, 5.41) is 41.5. The van der Waals surface area contributed by atoms with E-state index in [-0.39, 0.29) is 255 Å². The zero-order chi connectivity index (χ0) is 18.3. The smallest absolute Gasteiger partial charge is 0.550 e. The fraction of sp³-hybridized carbons (Fsp3) is 0.250. The van der Waals surface area contributed by atoms with Gasteiger partial charge in [-0.05, 0) is 12.8 Å². The van der Waals surface area contributed by atoms with Gasteiger partial charge in [0.1, 0.15) is 0 Å². The zero-order valence-electron chi connectivity index (χ0n) is 17.3. The van der Waals surface area contributed by atoms with E-state index in [2.05, 4.69) is 0 Å². The van der Waals surface area contributed by atoms with E-state index in [1.165, 1.54) is 18.2 Å². The van der Waals surface area contributed by atoms with Crippen LogP contribution in [0.5, 0.6) is 0 Å². The normalized spacial score (nSPS) is 15.1. The molecule has 2 atom stereocenters. The Kier molecular flexibility index (Phi) is 41.0. The van der Waals surface area contributed by atoms with Crippen LogP contribution in [0.3, 0.4) is 0 Å². The first-order valence-electron chi connectivity index (χ1n) is 6.85. The number of carbonyl (C=O) groups is 4. The van der Waals surface area contributed by atoms with Gasteiger partial charge in [-0.15, -0.1) is 0 Å². The van der Waals surface area contributed by atoms with E-state index in [9.17, 15) is 39.6 Å². The molecule has 10 nitrogen and oxygen atoms in total. The molecule has 0 fully saturated rings. The van der Waals surface area contributed by atoms with Gasteiger partial charge in [-0.25, -0.2) is 0 Å². The molecule has 0 saturated heterocycles. The van der Waals surface area contributed by atoms with Gasteiger partial charge in [0.25, 0.3) is 0 Å². The van der Waals surface area contributed by atoms with Crippen molar-refractivity contribution >= 4 is 23.9 Å². The van der Waals surface area contributed by atoms with Crippen molar-refractivity contribution in [2.75, 3.05) is 0 Å². The Hall–Kier alpha value is 3.98. The van der Waals surface area contributed by atoms with Crippen LogP contribution in [0.2, 0.25) is 0 Å². The number of benzene rings is 1. The van der Waals surface area contributed by atoms with E-state index >= 15 is 0 Å². The molecule has 144 valence electrons. The monoisotopic (exact) mass is 708 g/mol. The standard InChI is InChI=1S/C8H10O4.C8H6O4.2H2O.4Rb/c2*9-7(10)5-3-1-2-4-6(5)8(11)12;;;;;;/h1,3,5-6H,2,4H2,(H,9,10)(H,11,12);1-4H,(H,9,10)(H,11,12);2*1H2;;;;/q;;;;4*+1/p-4.